The maximum atomic E-state index is 5.59. The van der Waals surface area contributed by atoms with Gasteiger partial charge in [0.2, 0.25) is 0 Å². The Morgan fingerprint density at radius 2 is 0.905 bits per heavy atom. The zero-order chi connectivity index (χ0) is 14.6. The lowest BCUT2D eigenvalue weighted by Gasteiger charge is -2.10. The van der Waals surface area contributed by atoms with E-state index in [4.69, 9.17) is 23.7 Å². The zero-order valence-electron chi connectivity index (χ0n) is 12.4. The van der Waals surface area contributed by atoms with E-state index >= 15 is 0 Å². The highest BCUT2D eigenvalue weighted by Crippen LogP contribution is 2.08. The average molecular weight is 296 g/mol. The van der Waals surface area contributed by atoms with Crippen LogP contribution in [-0.4, -0.2) is 52.9 Å². The van der Waals surface area contributed by atoms with Crippen LogP contribution in [0.25, 0.3) is 0 Å². The molecule has 1 aliphatic rings. The molecule has 0 unspecified atom stereocenters. The lowest BCUT2D eigenvalue weighted by Crippen LogP contribution is -2.13. The summed E-state index contributed by atoms with van der Waals surface area (Å²) in [6, 6.07) is 8.25. The van der Waals surface area contributed by atoms with Crippen molar-refractivity contribution in [3.8, 4) is 0 Å². The van der Waals surface area contributed by atoms with E-state index in [9.17, 15) is 0 Å². The Kier molecular flexibility index (Phi) is 8.36. The Morgan fingerprint density at radius 3 is 1.33 bits per heavy atom. The second-order valence-corrected chi connectivity index (χ2v) is 4.76. The molecule has 0 saturated heterocycles. The van der Waals surface area contributed by atoms with Gasteiger partial charge in [0, 0.05) is 0 Å². The highest BCUT2D eigenvalue weighted by atomic mass is 16.6. The molecule has 2 bridgehead atoms. The van der Waals surface area contributed by atoms with Crippen LogP contribution in [0.3, 0.4) is 0 Å². The van der Waals surface area contributed by atoms with Crippen molar-refractivity contribution in [1.82, 2.24) is 0 Å². The molecule has 0 radical (unpaired) electrons. The minimum absolute atomic E-state index is 0.585. The summed E-state index contributed by atoms with van der Waals surface area (Å²) in [6.45, 7) is 5.88. The second-order valence-electron chi connectivity index (χ2n) is 4.76. The van der Waals surface area contributed by atoms with Crippen molar-refractivity contribution in [2.45, 2.75) is 13.2 Å². The molecule has 1 aromatic rings. The Balaban J connectivity index is 1.78. The Morgan fingerprint density at radius 1 is 0.524 bits per heavy atom. The SMILES string of the molecule is c1cc2cc(c1)COCCOCCOCCOCCOC2. The predicted molar refractivity (Wildman–Crippen MR) is 78.2 cm³/mol. The number of hydrogen-bond acceptors (Lipinski definition) is 5. The minimum Gasteiger partial charge on any atom is -0.377 e. The van der Waals surface area contributed by atoms with E-state index in [0.717, 1.165) is 11.1 Å². The van der Waals surface area contributed by atoms with Gasteiger partial charge in [0.05, 0.1) is 66.1 Å². The largest absolute Gasteiger partial charge is 0.377 e. The van der Waals surface area contributed by atoms with Crippen molar-refractivity contribution in [3.63, 3.8) is 0 Å². The lowest BCUT2D eigenvalue weighted by molar-refractivity contribution is -0.0144. The summed E-state index contributed by atoms with van der Waals surface area (Å²) in [7, 11) is 0. The summed E-state index contributed by atoms with van der Waals surface area (Å²) in [6.07, 6.45) is 0. The molecule has 0 N–H and O–H groups in total. The molecule has 1 aliphatic heterocycles. The zero-order valence-corrected chi connectivity index (χ0v) is 12.4. The van der Waals surface area contributed by atoms with Crippen LogP contribution < -0.4 is 0 Å². The summed E-state index contributed by atoms with van der Waals surface area (Å²) in [5.41, 5.74) is 2.30. The third kappa shape index (κ3) is 7.55. The van der Waals surface area contributed by atoms with Gasteiger partial charge in [-0.3, -0.25) is 0 Å². The fourth-order valence-electron chi connectivity index (χ4n) is 1.97. The normalized spacial score (nSPS) is 20.4. The summed E-state index contributed by atoms with van der Waals surface area (Å²) in [4.78, 5) is 0. The van der Waals surface area contributed by atoms with Gasteiger partial charge in [-0.1, -0.05) is 24.3 Å². The molecule has 5 nitrogen and oxygen atoms in total. The van der Waals surface area contributed by atoms with E-state index in [1.807, 2.05) is 6.07 Å². The van der Waals surface area contributed by atoms with Crippen molar-refractivity contribution in [1.29, 1.82) is 0 Å². The Bertz CT molecular complexity index is 351. The monoisotopic (exact) mass is 296 g/mol. The molecular formula is C16H24O5. The average Bonchev–Trinajstić information content (AvgIpc) is 2.51. The van der Waals surface area contributed by atoms with Gasteiger partial charge in [-0.2, -0.15) is 0 Å². The molecule has 1 aromatic carbocycles. The molecule has 118 valence electrons. The molecular weight excluding hydrogens is 272 g/mol. The molecule has 0 aliphatic carbocycles. The van der Waals surface area contributed by atoms with Crippen molar-refractivity contribution >= 4 is 0 Å². The van der Waals surface area contributed by atoms with Crippen LogP contribution in [0.15, 0.2) is 24.3 Å². The lowest BCUT2D eigenvalue weighted by atomic mass is 10.1. The van der Waals surface area contributed by atoms with Gasteiger partial charge in [0.25, 0.3) is 0 Å². The van der Waals surface area contributed by atoms with Crippen LogP contribution in [0.4, 0.5) is 0 Å². The summed E-state index contributed by atoms with van der Waals surface area (Å²) in [5, 5.41) is 0. The molecule has 21 heavy (non-hydrogen) atoms. The van der Waals surface area contributed by atoms with Gasteiger partial charge < -0.3 is 23.7 Å². The minimum atomic E-state index is 0.585. The maximum Gasteiger partial charge on any atom is 0.0718 e. The Hall–Kier alpha value is -0.980. The molecule has 0 aromatic heterocycles. The molecule has 0 saturated carbocycles. The first kappa shape index (κ1) is 16.4. The second kappa shape index (κ2) is 10.7. The van der Waals surface area contributed by atoms with E-state index in [0.29, 0.717) is 66.1 Å². The topological polar surface area (TPSA) is 46.2 Å². The van der Waals surface area contributed by atoms with Crippen LogP contribution in [0.2, 0.25) is 0 Å². The van der Waals surface area contributed by atoms with E-state index < -0.39 is 0 Å². The maximum absolute atomic E-state index is 5.59. The number of hydrogen-bond donors (Lipinski definition) is 0. The van der Waals surface area contributed by atoms with Crippen LogP contribution in [0.5, 0.6) is 0 Å². The first-order valence-electron chi connectivity index (χ1n) is 7.42. The van der Waals surface area contributed by atoms with Gasteiger partial charge in [-0.25, -0.2) is 0 Å². The first-order valence-corrected chi connectivity index (χ1v) is 7.42. The third-order valence-corrected chi connectivity index (χ3v) is 3.02. The number of rotatable bonds is 0. The van der Waals surface area contributed by atoms with Crippen molar-refractivity contribution < 1.29 is 23.7 Å². The Labute approximate surface area is 126 Å². The highest BCUT2D eigenvalue weighted by Gasteiger charge is 1.99. The van der Waals surface area contributed by atoms with Crippen LogP contribution in [0, 0.1) is 0 Å². The van der Waals surface area contributed by atoms with Gasteiger partial charge in [0.15, 0.2) is 0 Å². The van der Waals surface area contributed by atoms with E-state index in [2.05, 4.69) is 18.2 Å². The standard InChI is InChI=1S/C16H24O5/c1-2-15-12-16(3-1)14-21-11-9-19-7-5-17-4-6-18-8-10-20-13-15/h1-3,12H,4-11,13-14H2. The number of fused-ring (bicyclic) bond motifs is 2. The number of ether oxygens (including phenoxy) is 5. The van der Waals surface area contributed by atoms with Gasteiger partial charge in [-0.15, -0.1) is 0 Å². The first-order chi connectivity index (χ1) is 10.4. The van der Waals surface area contributed by atoms with Crippen molar-refractivity contribution in [2.75, 3.05) is 52.9 Å². The highest BCUT2D eigenvalue weighted by molar-refractivity contribution is 5.22. The molecule has 5 heteroatoms. The van der Waals surface area contributed by atoms with E-state index in [1.165, 1.54) is 0 Å². The smallest absolute Gasteiger partial charge is 0.0718 e. The van der Waals surface area contributed by atoms with Crippen molar-refractivity contribution in [3.05, 3.63) is 35.4 Å². The van der Waals surface area contributed by atoms with Crippen LogP contribution >= 0.6 is 0 Å². The molecule has 0 fully saturated rings. The fraction of sp³-hybridized carbons (Fsp3) is 0.625. The van der Waals surface area contributed by atoms with Crippen LogP contribution in [-0.2, 0) is 36.9 Å². The summed E-state index contributed by atoms with van der Waals surface area (Å²) in [5.74, 6) is 0. The molecule has 0 atom stereocenters. The van der Waals surface area contributed by atoms with E-state index in [-0.39, 0.29) is 0 Å². The summed E-state index contributed by atoms with van der Waals surface area (Å²) < 4.78 is 27.4. The van der Waals surface area contributed by atoms with Gasteiger partial charge in [0.1, 0.15) is 0 Å². The third-order valence-electron chi connectivity index (χ3n) is 3.02. The molecule has 2 rings (SSSR count). The number of benzene rings is 1. The van der Waals surface area contributed by atoms with Crippen LogP contribution in [0.1, 0.15) is 11.1 Å². The molecule has 0 spiro atoms. The quantitative estimate of drug-likeness (QED) is 0.730. The molecule has 0 amide bonds. The van der Waals surface area contributed by atoms with Crippen molar-refractivity contribution in [2.24, 2.45) is 0 Å². The molecule has 1 heterocycles. The fourth-order valence-corrected chi connectivity index (χ4v) is 1.97. The predicted octanol–water partition coefficient (Wildman–Crippen LogP) is 1.78. The van der Waals surface area contributed by atoms with E-state index in [1.54, 1.807) is 0 Å². The van der Waals surface area contributed by atoms with Gasteiger partial charge >= 0.3 is 0 Å². The summed E-state index contributed by atoms with van der Waals surface area (Å²) >= 11 is 0. The van der Waals surface area contributed by atoms with Gasteiger partial charge in [-0.05, 0) is 11.1 Å².